The fourth-order valence-corrected chi connectivity index (χ4v) is 1.61. The topological polar surface area (TPSA) is 50.7 Å². The van der Waals surface area contributed by atoms with E-state index in [1.54, 1.807) is 14.2 Å². The third-order valence-electron chi connectivity index (χ3n) is 2.78. The highest BCUT2D eigenvalue weighted by Gasteiger charge is 2.08. The lowest BCUT2D eigenvalue weighted by atomic mass is 10.1. The molecule has 0 saturated heterocycles. The van der Waals surface area contributed by atoms with Gasteiger partial charge in [-0.3, -0.25) is 0 Å². The minimum absolute atomic E-state index is 0.117. The van der Waals surface area contributed by atoms with Crippen molar-refractivity contribution in [3.8, 4) is 11.5 Å². The maximum Gasteiger partial charge on any atom is 0.123 e. The molecule has 1 atom stereocenters. The van der Waals surface area contributed by atoms with Crippen LogP contribution in [0.2, 0.25) is 0 Å². The summed E-state index contributed by atoms with van der Waals surface area (Å²) in [4.78, 5) is 0. The standard InChI is InChI=1S/C13H21NO3/c1-4-11(9-15)14-8-10-7-12(16-2)5-6-13(10)17-3/h5-7,11,14-15H,4,8-9H2,1-3H3. The number of hydrogen-bond acceptors (Lipinski definition) is 4. The lowest BCUT2D eigenvalue weighted by Crippen LogP contribution is -2.31. The highest BCUT2D eigenvalue weighted by molar-refractivity contribution is 5.40. The maximum atomic E-state index is 9.11. The molecule has 96 valence electrons. The van der Waals surface area contributed by atoms with Crippen molar-refractivity contribution in [3.63, 3.8) is 0 Å². The molecule has 0 aliphatic rings. The van der Waals surface area contributed by atoms with Gasteiger partial charge in [0, 0.05) is 18.2 Å². The lowest BCUT2D eigenvalue weighted by Gasteiger charge is -2.16. The SMILES string of the molecule is CCC(CO)NCc1cc(OC)ccc1OC. The Morgan fingerprint density at radius 1 is 1.29 bits per heavy atom. The molecule has 0 heterocycles. The van der Waals surface area contributed by atoms with Gasteiger partial charge >= 0.3 is 0 Å². The van der Waals surface area contributed by atoms with Gasteiger partial charge in [0.25, 0.3) is 0 Å². The molecule has 0 spiro atoms. The Bertz CT molecular complexity index is 337. The molecule has 2 N–H and O–H groups in total. The van der Waals surface area contributed by atoms with Crippen LogP contribution in [0.1, 0.15) is 18.9 Å². The Hall–Kier alpha value is -1.26. The number of aliphatic hydroxyl groups is 1. The Labute approximate surface area is 103 Å². The largest absolute Gasteiger partial charge is 0.497 e. The van der Waals surface area contributed by atoms with Gasteiger partial charge in [-0.25, -0.2) is 0 Å². The first-order chi connectivity index (χ1) is 8.24. The average Bonchev–Trinajstić information content (AvgIpc) is 2.39. The van der Waals surface area contributed by atoms with Crippen LogP contribution in [0.15, 0.2) is 18.2 Å². The fraction of sp³-hybridized carbons (Fsp3) is 0.538. The van der Waals surface area contributed by atoms with E-state index in [0.29, 0.717) is 6.54 Å². The molecule has 17 heavy (non-hydrogen) atoms. The van der Waals surface area contributed by atoms with E-state index in [9.17, 15) is 0 Å². The summed E-state index contributed by atoms with van der Waals surface area (Å²) in [6, 6.07) is 5.81. The van der Waals surface area contributed by atoms with Gasteiger partial charge in [-0.2, -0.15) is 0 Å². The summed E-state index contributed by atoms with van der Waals surface area (Å²) in [7, 11) is 3.29. The quantitative estimate of drug-likeness (QED) is 0.758. The second-order valence-electron chi connectivity index (χ2n) is 3.85. The molecule has 0 aliphatic heterocycles. The summed E-state index contributed by atoms with van der Waals surface area (Å²) < 4.78 is 10.5. The summed E-state index contributed by atoms with van der Waals surface area (Å²) in [5.41, 5.74) is 1.03. The number of nitrogens with one attached hydrogen (secondary N) is 1. The second-order valence-corrected chi connectivity index (χ2v) is 3.85. The minimum Gasteiger partial charge on any atom is -0.497 e. The summed E-state index contributed by atoms with van der Waals surface area (Å²) in [5, 5.41) is 12.4. The molecule has 1 unspecified atom stereocenters. The van der Waals surface area contributed by atoms with E-state index < -0.39 is 0 Å². The molecule has 0 fully saturated rings. The number of ether oxygens (including phenoxy) is 2. The first-order valence-electron chi connectivity index (χ1n) is 5.80. The molecule has 0 radical (unpaired) electrons. The smallest absolute Gasteiger partial charge is 0.123 e. The van der Waals surface area contributed by atoms with E-state index in [1.807, 2.05) is 25.1 Å². The van der Waals surface area contributed by atoms with E-state index in [1.165, 1.54) is 0 Å². The Morgan fingerprint density at radius 2 is 2.06 bits per heavy atom. The first-order valence-corrected chi connectivity index (χ1v) is 5.80. The highest BCUT2D eigenvalue weighted by Crippen LogP contribution is 2.23. The van der Waals surface area contributed by atoms with Gasteiger partial charge in [0.2, 0.25) is 0 Å². The maximum absolute atomic E-state index is 9.11. The molecule has 1 aromatic carbocycles. The zero-order valence-corrected chi connectivity index (χ0v) is 10.7. The van der Waals surface area contributed by atoms with Crippen LogP contribution < -0.4 is 14.8 Å². The molecule has 0 saturated carbocycles. The molecule has 0 amide bonds. The summed E-state index contributed by atoms with van der Waals surface area (Å²) in [5.74, 6) is 1.63. The Morgan fingerprint density at radius 3 is 2.59 bits per heavy atom. The van der Waals surface area contributed by atoms with Crippen LogP contribution in [0, 0.1) is 0 Å². The van der Waals surface area contributed by atoms with Gasteiger partial charge in [-0.1, -0.05) is 6.92 Å². The summed E-state index contributed by atoms with van der Waals surface area (Å²) in [6.07, 6.45) is 0.892. The van der Waals surface area contributed by atoms with Gasteiger partial charge < -0.3 is 19.9 Å². The number of aliphatic hydroxyl groups excluding tert-OH is 1. The van der Waals surface area contributed by atoms with Crippen molar-refractivity contribution >= 4 is 0 Å². The van der Waals surface area contributed by atoms with E-state index in [4.69, 9.17) is 14.6 Å². The molecule has 1 rings (SSSR count). The third-order valence-corrected chi connectivity index (χ3v) is 2.78. The van der Waals surface area contributed by atoms with Gasteiger partial charge in [-0.15, -0.1) is 0 Å². The van der Waals surface area contributed by atoms with E-state index in [-0.39, 0.29) is 12.6 Å². The molecule has 0 aromatic heterocycles. The molecule has 0 aliphatic carbocycles. The normalized spacial score (nSPS) is 12.2. The predicted molar refractivity (Wildman–Crippen MR) is 67.6 cm³/mol. The zero-order valence-electron chi connectivity index (χ0n) is 10.7. The fourth-order valence-electron chi connectivity index (χ4n) is 1.61. The van der Waals surface area contributed by atoms with Crippen molar-refractivity contribution in [2.45, 2.75) is 25.9 Å². The Balaban J connectivity index is 2.73. The van der Waals surface area contributed by atoms with Crippen LogP contribution in [0.4, 0.5) is 0 Å². The Kier molecular flexibility index (Phi) is 5.80. The molecule has 4 heteroatoms. The molecule has 4 nitrogen and oxygen atoms in total. The molecular weight excluding hydrogens is 218 g/mol. The van der Waals surface area contributed by atoms with Crippen LogP contribution in [0.25, 0.3) is 0 Å². The van der Waals surface area contributed by atoms with Gasteiger partial charge in [0.15, 0.2) is 0 Å². The minimum atomic E-state index is 0.117. The number of hydrogen-bond donors (Lipinski definition) is 2. The number of benzene rings is 1. The molecular formula is C13H21NO3. The van der Waals surface area contributed by atoms with Gasteiger partial charge in [-0.05, 0) is 24.6 Å². The van der Waals surface area contributed by atoms with E-state index in [2.05, 4.69) is 5.32 Å². The van der Waals surface area contributed by atoms with Crippen LogP contribution in [0.5, 0.6) is 11.5 Å². The van der Waals surface area contributed by atoms with Crippen LogP contribution in [-0.4, -0.2) is 32.0 Å². The first kappa shape index (κ1) is 13.8. The van der Waals surface area contributed by atoms with Gasteiger partial charge in [0.05, 0.1) is 20.8 Å². The zero-order chi connectivity index (χ0) is 12.7. The van der Waals surface area contributed by atoms with E-state index >= 15 is 0 Å². The van der Waals surface area contributed by atoms with Crippen molar-refractivity contribution in [2.24, 2.45) is 0 Å². The monoisotopic (exact) mass is 239 g/mol. The molecule has 0 bridgehead atoms. The number of rotatable bonds is 7. The van der Waals surface area contributed by atoms with Crippen molar-refractivity contribution in [1.82, 2.24) is 5.32 Å². The van der Waals surface area contributed by atoms with E-state index in [0.717, 1.165) is 23.5 Å². The molecule has 1 aromatic rings. The van der Waals surface area contributed by atoms with Crippen molar-refractivity contribution in [3.05, 3.63) is 23.8 Å². The van der Waals surface area contributed by atoms with Crippen LogP contribution in [-0.2, 0) is 6.54 Å². The predicted octanol–water partition coefficient (Wildman–Crippen LogP) is 1.56. The lowest BCUT2D eigenvalue weighted by molar-refractivity contribution is 0.238. The van der Waals surface area contributed by atoms with Crippen molar-refractivity contribution < 1.29 is 14.6 Å². The number of methoxy groups -OCH3 is 2. The van der Waals surface area contributed by atoms with Crippen molar-refractivity contribution in [2.75, 3.05) is 20.8 Å². The second kappa shape index (κ2) is 7.14. The summed E-state index contributed by atoms with van der Waals surface area (Å²) >= 11 is 0. The van der Waals surface area contributed by atoms with Crippen LogP contribution >= 0.6 is 0 Å². The summed E-state index contributed by atoms with van der Waals surface area (Å²) in [6.45, 7) is 2.83. The third kappa shape index (κ3) is 3.91. The van der Waals surface area contributed by atoms with Gasteiger partial charge in [0.1, 0.15) is 11.5 Å². The average molecular weight is 239 g/mol. The van der Waals surface area contributed by atoms with Crippen molar-refractivity contribution in [1.29, 1.82) is 0 Å². The highest BCUT2D eigenvalue weighted by atomic mass is 16.5. The van der Waals surface area contributed by atoms with Crippen LogP contribution in [0.3, 0.4) is 0 Å².